The predicted molar refractivity (Wildman–Crippen MR) is 118 cm³/mol. The van der Waals surface area contributed by atoms with Crippen LogP contribution in [0.2, 0.25) is 0 Å². The van der Waals surface area contributed by atoms with Gasteiger partial charge in [-0.25, -0.2) is 8.42 Å². The number of H-pyrrole nitrogens is 1. The molecule has 1 heterocycles. The fourth-order valence-electron chi connectivity index (χ4n) is 2.98. The molecule has 3 aromatic rings. The van der Waals surface area contributed by atoms with Gasteiger partial charge in [-0.3, -0.25) is 9.10 Å². The molecule has 0 amide bonds. The van der Waals surface area contributed by atoms with Gasteiger partial charge in [0.2, 0.25) is 0 Å². The molecule has 0 aliphatic carbocycles. The van der Waals surface area contributed by atoms with Gasteiger partial charge in [0, 0.05) is 21.6 Å². The molecule has 1 N–H and O–H groups in total. The summed E-state index contributed by atoms with van der Waals surface area (Å²) in [4.78, 5) is 15.6. The molecule has 3 rings (SSSR count). The van der Waals surface area contributed by atoms with Crippen molar-refractivity contribution in [3.63, 3.8) is 0 Å². The Morgan fingerprint density at radius 1 is 1.17 bits per heavy atom. The van der Waals surface area contributed by atoms with Crippen molar-refractivity contribution < 1.29 is 17.9 Å². The number of halogens is 1. The Morgan fingerprint density at radius 3 is 2.69 bits per heavy atom. The van der Waals surface area contributed by atoms with E-state index in [4.69, 9.17) is 4.74 Å². The molecule has 2 aromatic carbocycles. The van der Waals surface area contributed by atoms with Crippen LogP contribution in [-0.4, -0.2) is 32.5 Å². The SMILES string of the molecule is CCCCOC(=O)CN(c1ccc2[nH]ccc2c1)S(=O)(=O)c1cc(C)cc(Br)c1. The van der Waals surface area contributed by atoms with Crippen LogP contribution in [0.3, 0.4) is 0 Å². The van der Waals surface area contributed by atoms with E-state index in [1.807, 2.05) is 26.0 Å². The maximum atomic E-state index is 13.5. The summed E-state index contributed by atoms with van der Waals surface area (Å²) in [7, 11) is -3.98. The van der Waals surface area contributed by atoms with Crippen LogP contribution >= 0.6 is 15.9 Å². The number of fused-ring (bicyclic) bond motifs is 1. The van der Waals surface area contributed by atoms with Crippen molar-refractivity contribution >= 4 is 48.5 Å². The number of hydrogen-bond donors (Lipinski definition) is 1. The lowest BCUT2D eigenvalue weighted by Crippen LogP contribution is -2.36. The molecule has 0 atom stereocenters. The zero-order chi connectivity index (χ0) is 21.0. The Kier molecular flexibility index (Phi) is 6.64. The van der Waals surface area contributed by atoms with Crippen molar-refractivity contribution in [1.29, 1.82) is 0 Å². The molecule has 0 saturated carbocycles. The number of benzene rings is 2. The molecule has 0 aliphatic heterocycles. The van der Waals surface area contributed by atoms with E-state index < -0.39 is 22.5 Å². The van der Waals surface area contributed by atoms with Gasteiger partial charge in [-0.2, -0.15) is 0 Å². The van der Waals surface area contributed by atoms with E-state index in [2.05, 4.69) is 20.9 Å². The maximum Gasteiger partial charge on any atom is 0.326 e. The summed E-state index contributed by atoms with van der Waals surface area (Å²) in [5, 5.41) is 0.854. The highest BCUT2D eigenvalue weighted by molar-refractivity contribution is 9.10. The van der Waals surface area contributed by atoms with E-state index in [9.17, 15) is 13.2 Å². The van der Waals surface area contributed by atoms with Gasteiger partial charge in [-0.15, -0.1) is 0 Å². The average molecular weight is 479 g/mol. The van der Waals surface area contributed by atoms with Gasteiger partial charge in [-0.05, 0) is 61.4 Å². The number of ether oxygens (including phenoxy) is 1. The molecule has 0 fully saturated rings. The second-order valence-electron chi connectivity index (χ2n) is 6.80. The number of aryl methyl sites for hydroxylation is 1. The van der Waals surface area contributed by atoms with Crippen molar-refractivity contribution in [1.82, 2.24) is 4.98 Å². The number of aromatic amines is 1. The summed E-state index contributed by atoms with van der Waals surface area (Å²) >= 11 is 3.35. The number of esters is 1. The Balaban J connectivity index is 2.02. The van der Waals surface area contributed by atoms with Crippen LogP contribution in [0, 0.1) is 6.92 Å². The van der Waals surface area contributed by atoms with Crippen molar-refractivity contribution in [2.75, 3.05) is 17.5 Å². The van der Waals surface area contributed by atoms with Gasteiger partial charge in [0.15, 0.2) is 0 Å². The monoisotopic (exact) mass is 478 g/mol. The molecule has 0 unspecified atom stereocenters. The number of sulfonamides is 1. The highest BCUT2D eigenvalue weighted by atomic mass is 79.9. The smallest absolute Gasteiger partial charge is 0.326 e. The predicted octanol–water partition coefficient (Wildman–Crippen LogP) is 4.78. The summed E-state index contributed by atoms with van der Waals surface area (Å²) in [5.41, 5.74) is 2.08. The molecule has 1 aromatic heterocycles. The normalized spacial score (nSPS) is 11.6. The second kappa shape index (κ2) is 9.00. The van der Waals surface area contributed by atoms with Crippen molar-refractivity contribution in [2.45, 2.75) is 31.6 Å². The molecular formula is C21H23BrN2O4S. The van der Waals surface area contributed by atoms with E-state index in [-0.39, 0.29) is 11.5 Å². The van der Waals surface area contributed by atoms with Gasteiger partial charge < -0.3 is 9.72 Å². The van der Waals surface area contributed by atoms with Crippen LogP contribution in [-0.2, 0) is 19.6 Å². The van der Waals surface area contributed by atoms with Crippen LogP contribution in [0.15, 0.2) is 58.0 Å². The molecule has 0 saturated heterocycles. The van der Waals surface area contributed by atoms with E-state index in [0.717, 1.165) is 33.6 Å². The van der Waals surface area contributed by atoms with Crippen LogP contribution < -0.4 is 4.31 Å². The Bertz CT molecular complexity index is 1100. The first-order valence-electron chi connectivity index (χ1n) is 9.34. The molecule has 0 radical (unpaired) electrons. The van der Waals surface area contributed by atoms with E-state index >= 15 is 0 Å². The number of nitrogens with zero attached hydrogens (tertiary/aromatic N) is 1. The van der Waals surface area contributed by atoms with Crippen molar-refractivity contribution in [3.8, 4) is 0 Å². The van der Waals surface area contributed by atoms with Crippen molar-refractivity contribution in [2.24, 2.45) is 0 Å². The van der Waals surface area contributed by atoms with Gasteiger partial charge in [0.1, 0.15) is 6.54 Å². The lowest BCUT2D eigenvalue weighted by molar-refractivity contribution is -0.141. The standard InChI is InChI=1S/C21H23BrN2O4S/c1-3-4-9-28-21(25)14-24(18-5-6-20-16(12-18)7-8-23-20)29(26,27)19-11-15(2)10-17(22)13-19/h5-8,10-13,23H,3-4,9,14H2,1-2H3. The minimum atomic E-state index is -3.98. The largest absolute Gasteiger partial charge is 0.464 e. The quantitative estimate of drug-likeness (QED) is 0.373. The fourth-order valence-corrected chi connectivity index (χ4v) is 5.27. The number of aromatic nitrogens is 1. The number of carbonyl (C=O) groups excluding carboxylic acids is 1. The topological polar surface area (TPSA) is 79.5 Å². The minimum absolute atomic E-state index is 0.111. The first-order chi connectivity index (χ1) is 13.8. The summed E-state index contributed by atoms with van der Waals surface area (Å²) in [5.74, 6) is -0.581. The summed E-state index contributed by atoms with van der Waals surface area (Å²) < 4.78 is 33.9. The lowest BCUT2D eigenvalue weighted by Gasteiger charge is -2.24. The molecule has 6 nitrogen and oxygen atoms in total. The van der Waals surface area contributed by atoms with Crippen LogP contribution in [0.1, 0.15) is 25.3 Å². The average Bonchev–Trinajstić information content (AvgIpc) is 3.13. The minimum Gasteiger partial charge on any atom is -0.464 e. The summed E-state index contributed by atoms with van der Waals surface area (Å²) in [6.07, 6.45) is 3.40. The Labute approximate surface area is 179 Å². The third-order valence-corrected chi connectivity index (χ3v) is 6.67. The first kappa shape index (κ1) is 21.4. The molecule has 29 heavy (non-hydrogen) atoms. The van der Waals surface area contributed by atoms with E-state index in [0.29, 0.717) is 10.2 Å². The molecule has 154 valence electrons. The zero-order valence-corrected chi connectivity index (χ0v) is 18.7. The summed E-state index contributed by atoms with van der Waals surface area (Å²) in [6, 6.07) is 12.0. The van der Waals surface area contributed by atoms with Gasteiger partial charge >= 0.3 is 5.97 Å². The van der Waals surface area contributed by atoms with E-state index in [1.54, 1.807) is 30.5 Å². The van der Waals surface area contributed by atoms with Crippen molar-refractivity contribution in [3.05, 3.63) is 58.7 Å². The maximum absolute atomic E-state index is 13.5. The highest BCUT2D eigenvalue weighted by Gasteiger charge is 2.28. The zero-order valence-electron chi connectivity index (χ0n) is 16.3. The Hall–Kier alpha value is -2.32. The van der Waals surface area contributed by atoms with Gasteiger partial charge in [0.05, 0.1) is 17.2 Å². The molecular weight excluding hydrogens is 456 g/mol. The first-order valence-corrected chi connectivity index (χ1v) is 11.6. The number of rotatable bonds is 8. The van der Waals surface area contributed by atoms with Crippen LogP contribution in [0.5, 0.6) is 0 Å². The summed E-state index contributed by atoms with van der Waals surface area (Å²) in [6.45, 7) is 3.69. The molecule has 8 heteroatoms. The third kappa shape index (κ3) is 5.00. The Morgan fingerprint density at radius 2 is 1.97 bits per heavy atom. The lowest BCUT2D eigenvalue weighted by atomic mass is 10.2. The molecule has 0 spiro atoms. The highest BCUT2D eigenvalue weighted by Crippen LogP contribution is 2.29. The number of anilines is 1. The number of hydrogen-bond acceptors (Lipinski definition) is 4. The van der Waals surface area contributed by atoms with E-state index in [1.165, 1.54) is 6.07 Å². The number of unbranched alkanes of at least 4 members (excludes halogenated alkanes) is 1. The molecule has 0 aliphatic rings. The van der Waals surface area contributed by atoms with Crippen LogP contribution in [0.4, 0.5) is 5.69 Å². The second-order valence-corrected chi connectivity index (χ2v) is 9.58. The fraction of sp³-hybridized carbons (Fsp3) is 0.286. The van der Waals surface area contributed by atoms with Crippen LogP contribution in [0.25, 0.3) is 10.9 Å². The third-order valence-electron chi connectivity index (χ3n) is 4.46. The number of nitrogens with one attached hydrogen (secondary N) is 1. The van der Waals surface area contributed by atoms with Gasteiger partial charge in [0.25, 0.3) is 10.0 Å². The number of carbonyl (C=O) groups is 1. The molecule has 0 bridgehead atoms. The van der Waals surface area contributed by atoms with Gasteiger partial charge in [-0.1, -0.05) is 29.3 Å².